The van der Waals surface area contributed by atoms with E-state index in [-0.39, 0.29) is 23.3 Å². The summed E-state index contributed by atoms with van der Waals surface area (Å²) in [6.07, 6.45) is 4.74. The van der Waals surface area contributed by atoms with Gasteiger partial charge in [0.1, 0.15) is 5.82 Å². The van der Waals surface area contributed by atoms with Gasteiger partial charge in [-0.05, 0) is 49.9 Å². The van der Waals surface area contributed by atoms with Gasteiger partial charge in [-0.3, -0.25) is 14.3 Å². The Bertz CT molecular complexity index is 760. The van der Waals surface area contributed by atoms with Crippen molar-refractivity contribution in [3.8, 4) is 0 Å². The van der Waals surface area contributed by atoms with Crippen molar-refractivity contribution < 1.29 is 14.3 Å². The number of amides is 2. The number of nitrogens with two attached hydrogens (primary N) is 1. The zero-order valence-electron chi connectivity index (χ0n) is 17.0. The van der Waals surface area contributed by atoms with E-state index in [1.807, 2.05) is 25.1 Å². The average molecular weight is 390 g/mol. The van der Waals surface area contributed by atoms with Gasteiger partial charge in [0.05, 0.1) is 6.61 Å². The summed E-state index contributed by atoms with van der Waals surface area (Å²) in [5, 5.41) is 7.66. The predicted molar refractivity (Wildman–Crippen MR) is 105 cm³/mol. The van der Waals surface area contributed by atoms with E-state index in [0.717, 1.165) is 44.5 Å². The first kappa shape index (κ1) is 19.2. The number of methoxy groups -OCH3 is 1. The van der Waals surface area contributed by atoms with Crippen LogP contribution < -0.4 is 16.0 Å². The third-order valence-electron chi connectivity index (χ3n) is 7.20. The fourth-order valence-corrected chi connectivity index (χ4v) is 6.06. The summed E-state index contributed by atoms with van der Waals surface area (Å²) in [6, 6.07) is 1.94. The Morgan fingerprint density at radius 1 is 1.36 bits per heavy atom. The molecular weight excluding hydrogens is 358 g/mol. The molecule has 2 unspecified atom stereocenters. The lowest BCUT2D eigenvalue weighted by molar-refractivity contribution is -0.145. The zero-order chi connectivity index (χ0) is 20.1. The van der Waals surface area contributed by atoms with Crippen LogP contribution in [0.3, 0.4) is 0 Å². The van der Waals surface area contributed by atoms with E-state index < -0.39 is 0 Å². The quantitative estimate of drug-likeness (QED) is 0.722. The van der Waals surface area contributed by atoms with E-state index >= 15 is 0 Å². The van der Waals surface area contributed by atoms with Crippen molar-refractivity contribution in [3.63, 3.8) is 0 Å². The molecule has 3 N–H and O–H groups in total. The van der Waals surface area contributed by atoms with E-state index in [0.29, 0.717) is 30.1 Å². The normalized spacial score (nSPS) is 33.1. The summed E-state index contributed by atoms with van der Waals surface area (Å²) in [5.74, 6) is 1.86. The molecule has 4 aliphatic carbocycles. The van der Waals surface area contributed by atoms with Crippen molar-refractivity contribution in [1.29, 1.82) is 0 Å². The number of hydrogen-bond donors (Lipinski definition) is 2. The molecule has 0 aliphatic heterocycles. The molecule has 1 aromatic rings. The molecule has 28 heavy (non-hydrogen) atoms. The fraction of sp³-hybridized carbons (Fsp3) is 0.750. The Balaban J connectivity index is 1.46. The summed E-state index contributed by atoms with van der Waals surface area (Å²) in [6.45, 7) is 1.33. The molecule has 1 heterocycles. The van der Waals surface area contributed by atoms with Gasteiger partial charge < -0.3 is 20.7 Å². The lowest BCUT2D eigenvalue weighted by Crippen LogP contribution is -2.62. The second kappa shape index (κ2) is 7.06. The Hall–Kier alpha value is -2.09. The van der Waals surface area contributed by atoms with Crippen LogP contribution in [0.4, 0.5) is 5.82 Å². The van der Waals surface area contributed by atoms with Crippen molar-refractivity contribution in [2.45, 2.75) is 38.1 Å². The highest BCUT2D eigenvalue weighted by Crippen LogP contribution is 2.59. The fourth-order valence-electron chi connectivity index (χ4n) is 6.06. The number of carbonyl (C=O) groups excluding carboxylic acids is 2. The third kappa shape index (κ3) is 3.17. The minimum Gasteiger partial charge on any atom is -0.383 e. The Morgan fingerprint density at radius 2 is 2.04 bits per heavy atom. The molecule has 8 nitrogen and oxygen atoms in total. The number of likely N-dealkylation sites (N-methyl/N-ethyl adjacent to an activating group) is 1. The Labute approximate surface area is 165 Å². The van der Waals surface area contributed by atoms with E-state index in [1.54, 1.807) is 11.8 Å². The van der Waals surface area contributed by atoms with E-state index in [9.17, 15) is 9.59 Å². The Kier molecular flexibility index (Phi) is 4.85. The number of anilines is 1. The molecule has 2 amide bonds. The average Bonchev–Trinajstić information content (AvgIpc) is 3.04. The largest absolute Gasteiger partial charge is 0.383 e. The first-order valence-corrected chi connectivity index (χ1v) is 10.2. The molecule has 0 saturated heterocycles. The molecule has 0 aromatic carbocycles. The van der Waals surface area contributed by atoms with Crippen LogP contribution in [0.5, 0.6) is 0 Å². The van der Waals surface area contributed by atoms with Gasteiger partial charge in [0.25, 0.3) is 5.91 Å². The number of carbonyl (C=O) groups is 2. The highest BCUT2D eigenvalue weighted by Gasteiger charge is 2.58. The molecule has 2 atom stereocenters. The van der Waals surface area contributed by atoms with Crippen molar-refractivity contribution in [3.05, 3.63) is 11.8 Å². The highest BCUT2D eigenvalue weighted by atomic mass is 16.5. The van der Waals surface area contributed by atoms with Crippen molar-refractivity contribution in [2.24, 2.45) is 36.0 Å². The highest BCUT2D eigenvalue weighted by molar-refractivity contribution is 5.93. The van der Waals surface area contributed by atoms with Gasteiger partial charge in [0, 0.05) is 45.3 Å². The van der Waals surface area contributed by atoms with Crippen LogP contribution in [0.25, 0.3) is 0 Å². The van der Waals surface area contributed by atoms with Crippen LogP contribution >= 0.6 is 0 Å². The first-order chi connectivity index (χ1) is 13.3. The number of nitrogens with one attached hydrogen (secondary N) is 1. The first-order valence-electron chi connectivity index (χ1n) is 10.2. The summed E-state index contributed by atoms with van der Waals surface area (Å²) in [7, 11) is 5.47. The summed E-state index contributed by atoms with van der Waals surface area (Å²) in [4.78, 5) is 27.0. The third-order valence-corrected chi connectivity index (χ3v) is 7.20. The second-order valence-electron chi connectivity index (χ2n) is 9.04. The standard InChI is InChI=1S/C20H31N5O3/c1-24(4-5-28-3)16-8-15(23-25(16)2)18(26)22-17-13-6-12-7-14(17)11-20(9-12,10-13)19(21)27/h8,12-14,17H,4-7,9-11H2,1-3H3,(H2,21,27)(H,22,26). The van der Waals surface area contributed by atoms with E-state index in [1.165, 1.54) is 0 Å². The smallest absolute Gasteiger partial charge is 0.272 e. The number of aryl methyl sites for hydroxylation is 1. The van der Waals surface area contributed by atoms with Crippen LogP contribution in [0.1, 0.15) is 42.6 Å². The number of hydrogen-bond acceptors (Lipinski definition) is 5. The van der Waals surface area contributed by atoms with Crippen LogP contribution in [0.15, 0.2) is 6.07 Å². The topological polar surface area (TPSA) is 102 Å². The predicted octanol–water partition coefficient (Wildman–Crippen LogP) is 0.913. The monoisotopic (exact) mass is 389 g/mol. The van der Waals surface area contributed by atoms with E-state index in [4.69, 9.17) is 10.5 Å². The molecule has 4 bridgehead atoms. The second-order valence-corrected chi connectivity index (χ2v) is 9.04. The van der Waals surface area contributed by atoms with Gasteiger partial charge in [0.15, 0.2) is 5.69 Å². The number of aromatic nitrogens is 2. The molecule has 4 fully saturated rings. The van der Waals surface area contributed by atoms with Crippen LogP contribution in [0, 0.1) is 23.2 Å². The van der Waals surface area contributed by atoms with Gasteiger partial charge in [-0.15, -0.1) is 0 Å². The van der Waals surface area contributed by atoms with Crippen molar-refractivity contribution in [2.75, 3.05) is 32.2 Å². The Morgan fingerprint density at radius 3 is 2.64 bits per heavy atom. The van der Waals surface area contributed by atoms with Gasteiger partial charge in [-0.2, -0.15) is 5.10 Å². The van der Waals surface area contributed by atoms with Crippen LogP contribution in [-0.4, -0.2) is 54.9 Å². The number of nitrogens with zero attached hydrogens (tertiary/aromatic N) is 3. The summed E-state index contributed by atoms with van der Waals surface area (Å²) in [5.41, 5.74) is 5.86. The minimum atomic E-state index is -0.333. The summed E-state index contributed by atoms with van der Waals surface area (Å²) >= 11 is 0. The maximum Gasteiger partial charge on any atom is 0.272 e. The maximum absolute atomic E-state index is 12.9. The lowest BCUT2D eigenvalue weighted by atomic mass is 9.47. The molecule has 0 spiro atoms. The number of primary amides is 1. The molecule has 4 aliphatic rings. The molecule has 4 saturated carbocycles. The zero-order valence-corrected chi connectivity index (χ0v) is 17.0. The van der Waals surface area contributed by atoms with Crippen LogP contribution in [-0.2, 0) is 16.6 Å². The van der Waals surface area contributed by atoms with Crippen molar-refractivity contribution >= 4 is 17.6 Å². The van der Waals surface area contributed by atoms with Gasteiger partial charge >= 0.3 is 0 Å². The molecule has 1 aromatic heterocycles. The van der Waals surface area contributed by atoms with Gasteiger partial charge in [-0.1, -0.05) is 0 Å². The van der Waals surface area contributed by atoms with Crippen molar-refractivity contribution in [1.82, 2.24) is 15.1 Å². The minimum absolute atomic E-state index is 0.119. The molecule has 5 rings (SSSR count). The summed E-state index contributed by atoms with van der Waals surface area (Å²) < 4.78 is 6.85. The molecule has 154 valence electrons. The number of rotatable bonds is 7. The lowest BCUT2D eigenvalue weighted by Gasteiger charge is -2.58. The molecular formula is C20H31N5O3. The molecule has 8 heteroatoms. The van der Waals surface area contributed by atoms with E-state index in [2.05, 4.69) is 10.4 Å². The van der Waals surface area contributed by atoms with Gasteiger partial charge in [-0.25, -0.2) is 0 Å². The molecule has 0 radical (unpaired) electrons. The van der Waals surface area contributed by atoms with Gasteiger partial charge in [0.2, 0.25) is 5.91 Å². The maximum atomic E-state index is 12.9. The SMILES string of the molecule is COCCN(C)c1cc(C(=O)NC2C3CC4CC2CC(C(N)=O)(C4)C3)nn1C. The number of ether oxygens (including phenoxy) is 1. The van der Waals surface area contributed by atoms with Crippen LogP contribution in [0.2, 0.25) is 0 Å².